The molecular formula is C24H30N4O2S. The van der Waals surface area contributed by atoms with Gasteiger partial charge in [-0.25, -0.2) is 4.98 Å². The van der Waals surface area contributed by atoms with Gasteiger partial charge in [-0.05, 0) is 88.2 Å². The van der Waals surface area contributed by atoms with E-state index in [1.165, 1.54) is 29.7 Å². The first-order chi connectivity index (χ1) is 15.1. The van der Waals surface area contributed by atoms with Crippen LogP contribution in [0.5, 0.6) is 0 Å². The highest BCUT2D eigenvalue weighted by Crippen LogP contribution is 2.34. The Kier molecular flexibility index (Phi) is 5.80. The van der Waals surface area contributed by atoms with Crippen LogP contribution in [0, 0.1) is 5.92 Å². The average molecular weight is 439 g/mol. The third-order valence-electron chi connectivity index (χ3n) is 6.82. The summed E-state index contributed by atoms with van der Waals surface area (Å²) in [7, 11) is 0. The van der Waals surface area contributed by atoms with Crippen molar-refractivity contribution in [3.8, 4) is 0 Å². The lowest BCUT2D eigenvalue weighted by molar-refractivity contribution is 0.0951. The molecule has 0 spiro atoms. The third kappa shape index (κ3) is 4.01. The Bertz CT molecular complexity index is 1170. The molecule has 2 aliphatic rings. The van der Waals surface area contributed by atoms with Crippen molar-refractivity contribution < 1.29 is 4.79 Å². The van der Waals surface area contributed by atoms with Crippen LogP contribution in [0.2, 0.25) is 0 Å². The summed E-state index contributed by atoms with van der Waals surface area (Å²) in [5.74, 6) is 0.677. The zero-order valence-electron chi connectivity index (χ0n) is 18.2. The summed E-state index contributed by atoms with van der Waals surface area (Å²) < 4.78 is 1.55. The molecule has 0 unspecified atom stereocenters. The number of fused-ring (bicyclic) bond motifs is 4. The molecule has 164 valence electrons. The smallest absolute Gasteiger partial charge is 0.266 e. The molecule has 1 aliphatic carbocycles. The molecule has 6 nitrogen and oxygen atoms in total. The molecule has 3 aromatic heterocycles. The summed E-state index contributed by atoms with van der Waals surface area (Å²) in [6.07, 6.45) is 9.47. The molecule has 0 radical (unpaired) electrons. The quantitative estimate of drug-likeness (QED) is 0.618. The maximum Gasteiger partial charge on any atom is 0.266 e. The van der Waals surface area contributed by atoms with Gasteiger partial charge in [-0.2, -0.15) is 0 Å². The average Bonchev–Trinajstić information content (AvgIpc) is 3.16. The number of nitrogens with one attached hydrogen (secondary N) is 1. The van der Waals surface area contributed by atoms with Gasteiger partial charge in [0.05, 0.1) is 10.9 Å². The highest BCUT2D eigenvalue weighted by molar-refractivity contribution is 7.18. The summed E-state index contributed by atoms with van der Waals surface area (Å²) >= 11 is 1.62. The molecule has 1 N–H and O–H groups in total. The first kappa shape index (κ1) is 20.6. The Hall–Kier alpha value is -2.25. The van der Waals surface area contributed by atoms with Gasteiger partial charge < -0.3 is 10.2 Å². The lowest BCUT2D eigenvalue weighted by Gasteiger charge is -2.30. The van der Waals surface area contributed by atoms with Crippen molar-refractivity contribution in [2.24, 2.45) is 5.92 Å². The predicted octanol–water partition coefficient (Wildman–Crippen LogP) is 3.64. The normalized spacial score (nSPS) is 17.8. The van der Waals surface area contributed by atoms with E-state index in [1.54, 1.807) is 34.1 Å². The lowest BCUT2D eigenvalue weighted by Crippen LogP contribution is -2.35. The molecule has 31 heavy (non-hydrogen) atoms. The number of likely N-dealkylation sites (tertiary alicyclic amines) is 1. The van der Waals surface area contributed by atoms with E-state index in [1.807, 2.05) is 0 Å². The second-order valence-corrected chi connectivity index (χ2v) is 10.1. The van der Waals surface area contributed by atoms with E-state index < -0.39 is 0 Å². The van der Waals surface area contributed by atoms with Crippen LogP contribution in [-0.2, 0) is 12.8 Å². The van der Waals surface area contributed by atoms with Gasteiger partial charge in [0.2, 0.25) is 0 Å². The van der Waals surface area contributed by atoms with Gasteiger partial charge in [0, 0.05) is 17.6 Å². The topological polar surface area (TPSA) is 66.7 Å². The largest absolute Gasteiger partial charge is 0.352 e. The fourth-order valence-corrected chi connectivity index (χ4v) is 6.16. The van der Waals surface area contributed by atoms with E-state index in [0.29, 0.717) is 17.8 Å². The molecule has 0 saturated carbocycles. The molecule has 0 aromatic carbocycles. The number of hydrogen-bond donors (Lipinski definition) is 1. The Balaban J connectivity index is 1.34. The number of nitrogens with zero attached hydrogens (tertiary/aromatic N) is 3. The minimum atomic E-state index is -0.155. The Morgan fingerprint density at radius 2 is 2.06 bits per heavy atom. The number of carbonyl (C=O) groups excluding carboxylic acids is 1. The van der Waals surface area contributed by atoms with Crippen LogP contribution in [0.4, 0.5) is 0 Å². The van der Waals surface area contributed by atoms with Crippen LogP contribution < -0.4 is 10.9 Å². The van der Waals surface area contributed by atoms with Gasteiger partial charge in [-0.3, -0.25) is 14.0 Å². The number of thiophene rings is 1. The molecular weight excluding hydrogens is 408 g/mol. The van der Waals surface area contributed by atoms with Crippen molar-refractivity contribution in [2.75, 3.05) is 26.2 Å². The SMILES string of the molecule is CC1CCN(CCCNC(=O)c2cccn3c(=O)c4c5c(sc4nc23)CCCC5)CC1. The van der Waals surface area contributed by atoms with Crippen molar-refractivity contribution in [1.82, 2.24) is 19.6 Å². The van der Waals surface area contributed by atoms with Gasteiger partial charge in [0.1, 0.15) is 4.83 Å². The number of carbonyl (C=O) groups is 1. The number of pyridine rings is 1. The molecule has 7 heteroatoms. The van der Waals surface area contributed by atoms with Crippen LogP contribution >= 0.6 is 11.3 Å². The number of piperidine rings is 1. The number of hydrogen-bond acceptors (Lipinski definition) is 5. The first-order valence-electron chi connectivity index (χ1n) is 11.6. The van der Waals surface area contributed by atoms with Crippen LogP contribution in [0.25, 0.3) is 15.9 Å². The highest BCUT2D eigenvalue weighted by atomic mass is 32.1. The summed E-state index contributed by atoms with van der Waals surface area (Å²) in [6.45, 7) is 6.28. The third-order valence-corrected chi connectivity index (χ3v) is 8.00. The van der Waals surface area contributed by atoms with Crippen molar-refractivity contribution in [3.05, 3.63) is 44.7 Å². The Morgan fingerprint density at radius 3 is 2.90 bits per heavy atom. The maximum absolute atomic E-state index is 13.2. The van der Waals surface area contributed by atoms with E-state index in [4.69, 9.17) is 4.98 Å². The van der Waals surface area contributed by atoms with Crippen LogP contribution in [0.15, 0.2) is 23.1 Å². The van der Waals surface area contributed by atoms with Gasteiger partial charge >= 0.3 is 0 Å². The monoisotopic (exact) mass is 438 g/mol. The predicted molar refractivity (Wildman–Crippen MR) is 125 cm³/mol. The molecule has 4 heterocycles. The number of rotatable bonds is 5. The van der Waals surface area contributed by atoms with Crippen LogP contribution in [0.1, 0.15) is 59.8 Å². The van der Waals surface area contributed by atoms with Crippen molar-refractivity contribution in [1.29, 1.82) is 0 Å². The standard InChI is InChI=1S/C24H30N4O2S/c1-16-9-14-27(15-10-16)12-5-11-25-22(29)18-7-4-13-28-21(18)26-23-20(24(28)30)17-6-2-3-8-19(17)31-23/h4,7,13,16H,2-3,5-6,8-12,14-15H2,1H3,(H,25,29). The summed E-state index contributed by atoms with van der Waals surface area (Å²) in [5.41, 5.74) is 2.06. The summed E-state index contributed by atoms with van der Waals surface area (Å²) in [4.78, 5) is 35.5. The van der Waals surface area contributed by atoms with Gasteiger partial charge in [0.25, 0.3) is 11.5 Å². The van der Waals surface area contributed by atoms with E-state index in [2.05, 4.69) is 17.1 Å². The van der Waals surface area contributed by atoms with E-state index in [9.17, 15) is 9.59 Å². The molecule has 0 bridgehead atoms. The Labute approximate surface area is 186 Å². The second kappa shape index (κ2) is 8.71. The minimum Gasteiger partial charge on any atom is -0.352 e. The van der Waals surface area contributed by atoms with Crippen molar-refractivity contribution in [2.45, 2.75) is 51.9 Å². The van der Waals surface area contributed by atoms with Crippen LogP contribution in [-0.4, -0.2) is 46.4 Å². The molecule has 0 atom stereocenters. The summed E-state index contributed by atoms with van der Waals surface area (Å²) in [5, 5.41) is 3.79. The number of amides is 1. The van der Waals surface area contributed by atoms with Crippen LogP contribution in [0.3, 0.4) is 0 Å². The molecule has 3 aromatic rings. The van der Waals surface area contributed by atoms with Gasteiger partial charge in [0.15, 0.2) is 5.65 Å². The fraction of sp³-hybridized carbons (Fsp3) is 0.542. The highest BCUT2D eigenvalue weighted by Gasteiger charge is 2.22. The minimum absolute atomic E-state index is 0.0478. The first-order valence-corrected chi connectivity index (χ1v) is 12.4. The molecule has 1 fully saturated rings. The van der Waals surface area contributed by atoms with Gasteiger partial charge in [-0.1, -0.05) is 6.92 Å². The van der Waals surface area contributed by atoms with E-state index >= 15 is 0 Å². The number of aryl methyl sites for hydroxylation is 2. The zero-order chi connectivity index (χ0) is 21.4. The second-order valence-electron chi connectivity index (χ2n) is 9.06. The maximum atomic E-state index is 13.2. The molecule has 1 amide bonds. The molecule has 1 saturated heterocycles. The Morgan fingerprint density at radius 1 is 1.26 bits per heavy atom. The van der Waals surface area contributed by atoms with E-state index in [-0.39, 0.29) is 11.5 Å². The summed E-state index contributed by atoms with van der Waals surface area (Å²) in [6, 6.07) is 3.53. The van der Waals surface area contributed by atoms with E-state index in [0.717, 1.165) is 61.5 Å². The number of aromatic nitrogens is 2. The fourth-order valence-electron chi connectivity index (χ4n) is 4.91. The lowest BCUT2D eigenvalue weighted by atomic mass is 9.97. The van der Waals surface area contributed by atoms with Crippen molar-refractivity contribution in [3.63, 3.8) is 0 Å². The van der Waals surface area contributed by atoms with Gasteiger partial charge in [-0.15, -0.1) is 11.3 Å². The molecule has 5 rings (SSSR count). The van der Waals surface area contributed by atoms with Crippen molar-refractivity contribution >= 4 is 33.1 Å². The zero-order valence-corrected chi connectivity index (χ0v) is 19.0. The molecule has 1 aliphatic heterocycles.